The van der Waals surface area contributed by atoms with Gasteiger partial charge in [0.25, 0.3) is 5.56 Å². The Hall–Kier alpha value is -3.44. The number of nitrogens with zero attached hydrogens (tertiary/aromatic N) is 6. The molecule has 0 bridgehead atoms. The number of hydrogen-bond donors (Lipinski definition) is 2. The second-order valence-electron chi connectivity index (χ2n) is 10.8. The predicted molar refractivity (Wildman–Crippen MR) is 145 cm³/mol. The molecule has 2 aromatic heterocycles. The minimum absolute atomic E-state index is 0.0232. The molecule has 2 aromatic rings. The number of nitrogens with one attached hydrogen (secondary N) is 1. The van der Waals surface area contributed by atoms with Crippen LogP contribution in [0.2, 0.25) is 0 Å². The summed E-state index contributed by atoms with van der Waals surface area (Å²) in [5.41, 5.74) is 0.858. The van der Waals surface area contributed by atoms with Gasteiger partial charge >= 0.3 is 5.97 Å². The van der Waals surface area contributed by atoms with Crippen LogP contribution in [-0.2, 0) is 4.79 Å². The maximum Gasteiger partial charge on any atom is 0.317 e. The second-order valence-corrected chi connectivity index (χ2v) is 10.8. The van der Waals surface area contributed by atoms with Crippen LogP contribution in [0.5, 0.6) is 0 Å². The Balaban J connectivity index is 1.36. The Labute approximate surface area is 221 Å². The minimum atomic E-state index is -0.798. The number of carbonyl (C=O) groups excluding carboxylic acids is 1. The zero-order valence-corrected chi connectivity index (χ0v) is 22.2. The standard InChI is InChI=1S/C27H35N7O4/c1-17-20-14-28-26(31-24(20)34(19-6-4-5-7-19)25(38)23(17)18(2)35)30-21-8-9-27(3,16-29-21)33-12-10-32(11-13-33)15-22(36)37/h8,14,16,19H,4-7,9-13,15H2,1-3H3,(H,36,37)(H,28,30,31). The topological polar surface area (TPSA) is 133 Å². The second kappa shape index (κ2) is 10.4. The number of fused-ring (bicyclic) bond motifs is 1. The first-order valence-electron chi connectivity index (χ1n) is 13.3. The van der Waals surface area contributed by atoms with Crippen molar-refractivity contribution >= 4 is 34.9 Å². The highest BCUT2D eigenvalue weighted by molar-refractivity contribution is 5.99. The van der Waals surface area contributed by atoms with Gasteiger partial charge in [0.15, 0.2) is 5.78 Å². The zero-order valence-electron chi connectivity index (χ0n) is 22.2. The molecule has 1 atom stereocenters. The molecule has 2 N–H and O–H groups in total. The lowest BCUT2D eigenvalue weighted by Crippen LogP contribution is -2.57. The van der Waals surface area contributed by atoms with E-state index in [9.17, 15) is 14.4 Å². The smallest absolute Gasteiger partial charge is 0.317 e. The van der Waals surface area contributed by atoms with E-state index in [0.717, 1.165) is 45.2 Å². The first-order chi connectivity index (χ1) is 18.2. The van der Waals surface area contributed by atoms with Crippen LogP contribution in [0.1, 0.15) is 67.9 Å². The molecular weight excluding hydrogens is 486 g/mol. The molecule has 4 heterocycles. The van der Waals surface area contributed by atoms with E-state index in [1.807, 2.05) is 17.2 Å². The number of Topliss-reactive ketones (excluding diaryl/α,β-unsaturated/α-hetero) is 1. The molecule has 0 aromatic carbocycles. The molecule has 1 saturated carbocycles. The van der Waals surface area contributed by atoms with Gasteiger partial charge in [-0.15, -0.1) is 0 Å². The Kier molecular flexibility index (Phi) is 7.15. The van der Waals surface area contributed by atoms with Crippen LogP contribution in [0, 0.1) is 6.92 Å². The van der Waals surface area contributed by atoms with Gasteiger partial charge in [-0.2, -0.15) is 4.98 Å². The molecule has 11 heteroatoms. The number of aryl methyl sites for hydroxylation is 1. The van der Waals surface area contributed by atoms with Crippen molar-refractivity contribution in [3.63, 3.8) is 0 Å². The molecule has 2 fully saturated rings. The lowest BCUT2D eigenvalue weighted by molar-refractivity contribution is -0.138. The van der Waals surface area contributed by atoms with Crippen molar-refractivity contribution in [2.45, 2.75) is 64.5 Å². The summed E-state index contributed by atoms with van der Waals surface area (Å²) in [6.45, 7) is 8.41. The van der Waals surface area contributed by atoms with E-state index in [4.69, 9.17) is 10.1 Å². The van der Waals surface area contributed by atoms with Crippen LogP contribution in [0.4, 0.5) is 5.95 Å². The highest BCUT2D eigenvalue weighted by Gasteiger charge is 2.34. The van der Waals surface area contributed by atoms with Gasteiger partial charge in [-0.1, -0.05) is 12.8 Å². The predicted octanol–water partition coefficient (Wildman–Crippen LogP) is 2.61. The third-order valence-corrected chi connectivity index (χ3v) is 8.13. The summed E-state index contributed by atoms with van der Waals surface area (Å²) in [4.78, 5) is 54.9. The van der Waals surface area contributed by atoms with Gasteiger partial charge in [0.1, 0.15) is 11.5 Å². The van der Waals surface area contributed by atoms with E-state index in [1.54, 1.807) is 17.7 Å². The van der Waals surface area contributed by atoms with Crippen molar-refractivity contribution in [2.24, 2.45) is 4.99 Å². The molecule has 1 saturated heterocycles. The van der Waals surface area contributed by atoms with Crippen LogP contribution >= 0.6 is 0 Å². The number of hydrogen-bond acceptors (Lipinski definition) is 9. The van der Waals surface area contributed by atoms with Gasteiger partial charge in [0.05, 0.1) is 17.6 Å². The number of carboxylic acid groups (broad SMARTS) is 1. The molecule has 2 aliphatic heterocycles. The van der Waals surface area contributed by atoms with Crippen molar-refractivity contribution < 1.29 is 14.7 Å². The minimum Gasteiger partial charge on any atom is -0.480 e. The normalized spacial score (nSPS) is 23.1. The first-order valence-corrected chi connectivity index (χ1v) is 13.3. The Bertz CT molecular complexity index is 1380. The fourth-order valence-corrected chi connectivity index (χ4v) is 5.94. The molecular formula is C27H35N7O4. The number of pyridine rings is 1. The Morgan fingerprint density at radius 2 is 1.89 bits per heavy atom. The van der Waals surface area contributed by atoms with Crippen molar-refractivity contribution in [2.75, 3.05) is 38.0 Å². The van der Waals surface area contributed by atoms with Crippen LogP contribution in [0.15, 0.2) is 27.9 Å². The maximum absolute atomic E-state index is 13.4. The number of rotatable bonds is 7. The van der Waals surface area contributed by atoms with Crippen LogP contribution in [-0.4, -0.2) is 85.7 Å². The lowest BCUT2D eigenvalue weighted by atomic mass is 9.94. The summed E-state index contributed by atoms with van der Waals surface area (Å²) < 4.78 is 1.71. The molecule has 202 valence electrons. The van der Waals surface area contributed by atoms with Crippen LogP contribution in [0.3, 0.4) is 0 Å². The molecule has 11 nitrogen and oxygen atoms in total. The molecule has 1 unspecified atom stereocenters. The third-order valence-electron chi connectivity index (χ3n) is 8.13. The lowest BCUT2D eigenvalue weighted by Gasteiger charge is -2.44. The van der Waals surface area contributed by atoms with Crippen molar-refractivity contribution in [1.82, 2.24) is 24.3 Å². The first kappa shape index (κ1) is 26.2. The average Bonchev–Trinajstić information content (AvgIpc) is 3.40. The van der Waals surface area contributed by atoms with E-state index in [2.05, 4.69) is 27.1 Å². The monoisotopic (exact) mass is 521 g/mol. The highest BCUT2D eigenvalue weighted by Crippen LogP contribution is 2.32. The number of piperazine rings is 1. The molecule has 5 rings (SSSR count). The maximum atomic E-state index is 13.4. The number of aliphatic imine (C=N–C) groups is 1. The number of carbonyl (C=O) groups is 2. The summed E-state index contributed by atoms with van der Waals surface area (Å²) in [6.07, 6.45) is 10.2. The average molecular weight is 522 g/mol. The third kappa shape index (κ3) is 5.00. The van der Waals surface area contributed by atoms with Crippen molar-refractivity contribution in [1.29, 1.82) is 0 Å². The van der Waals surface area contributed by atoms with Gasteiger partial charge in [-0.05, 0) is 51.7 Å². The highest BCUT2D eigenvalue weighted by atomic mass is 16.4. The molecule has 0 radical (unpaired) electrons. The number of ketones is 1. The molecule has 38 heavy (non-hydrogen) atoms. The van der Waals surface area contributed by atoms with E-state index < -0.39 is 5.97 Å². The number of aliphatic carboxylic acids is 1. The van der Waals surface area contributed by atoms with Crippen LogP contribution in [0.25, 0.3) is 11.0 Å². The van der Waals surface area contributed by atoms with Gasteiger partial charge in [0.2, 0.25) is 5.95 Å². The molecule has 3 aliphatic rings. The van der Waals surface area contributed by atoms with Crippen molar-refractivity contribution in [3.05, 3.63) is 39.6 Å². The SMILES string of the molecule is CC(=O)c1c(C)c2cnc(NC3=CCC(C)(N4CCN(CC(=O)O)CC4)C=N3)nc2n(C2CCCC2)c1=O. The Morgan fingerprint density at radius 3 is 2.50 bits per heavy atom. The Morgan fingerprint density at radius 1 is 1.18 bits per heavy atom. The zero-order chi connectivity index (χ0) is 27.0. The summed E-state index contributed by atoms with van der Waals surface area (Å²) in [5, 5.41) is 13.0. The van der Waals surface area contributed by atoms with E-state index in [-0.39, 0.29) is 35.0 Å². The number of aromatic nitrogens is 3. The van der Waals surface area contributed by atoms with Crippen molar-refractivity contribution in [3.8, 4) is 0 Å². The van der Waals surface area contributed by atoms with E-state index >= 15 is 0 Å². The molecule has 0 spiro atoms. The fourth-order valence-electron chi connectivity index (χ4n) is 5.94. The van der Waals surface area contributed by atoms with Gasteiger partial charge < -0.3 is 10.4 Å². The van der Waals surface area contributed by atoms with E-state index in [0.29, 0.717) is 41.5 Å². The summed E-state index contributed by atoms with van der Waals surface area (Å²) >= 11 is 0. The summed E-state index contributed by atoms with van der Waals surface area (Å²) in [7, 11) is 0. The number of carboxylic acids is 1. The fraction of sp³-hybridized carbons (Fsp3) is 0.556. The van der Waals surface area contributed by atoms with E-state index in [1.165, 1.54) is 6.92 Å². The van der Waals surface area contributed by atoms with Gasteiger partial charge in [-0.25, -0.2) is 9.98 Å². The summed E-state index contributed by atoms with van der Waals surface area (Å²) in [6, 6.07) is 0.0232. The summed E-state index contributed by atoms with van der Waals surface area (Å²) in [5.74, 6) is -0.0457. The van der Waals surface area contributed by atoms with Crippen LogP contribution < -0.4 is 10.9 Å². The largest absolute Gasteiger partial charge is 0.480 e. The quantitative estimate of drug-likeness (QED) is 0.528. The van der Waals surface area contributed by atoms with Gasteiger partial charge in [0, 0.05) is 50.0 Å². The molecule has 1 aliphatic carbocycles. The molecule has 0 amide bonds. The number of anilines is 1. The van der Waals surface area contributed by atoms with Gasteiger partial charge in [-0.3, -0.25) is 28.8 Å².